The Labute approximate surface area is 205 Å². The van der Waals surface area contributed by atoms with Crippen molar-refractivity contribution >= 4 is 41.3 Å². The fourth-order valence-corrected chi connectivity index (χ4v) is 4.70. The van der Waals surface area contributed by atoms with Crippen molar-refractivity contribution in [3.05, 3.63) is 64.7 Å². The molecule has 0 bridgehead atoms. The smallest absolute Gasteiger partial charge is 0.191 e. The molecule has 8 heteroatoms. The number of guanidine groups is 1. The van der Waals surface area contributed by atoms with Crippen LogP contribution in [0.2, 0.25) is 0 Å². The number of benzene rings is 1. The molecule has 0 saturated carbocycles. The van der Waals surface area contributed by atoms with Crippen molar-refractivity contribution in [2.45, 2.75) is 32.4 Å². The van der Waals surface area contributed by atoms with E-state index in [1.54, 1.807) is 0 Å². The molecule has 3 N–H and O–H groups in total. The Kier molecular flexibility index (Phi) is 9.35. The summed E-state index contributed by atoms with van der Waals surface area (Å²) in [7, 11) is 0. The van der Waals surface area contributed by atoms with Crippen molar-refractivity contribution in [1.29, 1.82) is 0 Å². The quantitative estimate of drug-likeness (QED) is 0.217. The number of H-pyrrole nitrogens is 1. The minimum atomic E-state index is 0. The predicted octanol–water partition coefficient (Wildman–Crippen LogP) is 4.65. The molecule has 166 valence electrons. The normalized spacial score (nSPS) is 15.5. The van der Waals surface area contributed by atoms with E-state index in [0.29, 0.717) is 12.6 Å². The van der Waals surface area contributed by atoms with Crippen LogP contribution in [-0.4, -0.2) is 47.0 Å². The van der Waals surface area contributed by atoms with Gasteiger partial charge in [-0.15, -0.1) is 35.3 Å². The molecule has 1 atom stereocenters. The largest absolute Gasteiger partial charge is 0.357 e. The molecule has 3 heterocycles. The van der Waals surface area contributed by atoms with Crippen LogP contribution < -0.4 is 10.6 Å². The van der Waals surface area contributed by atoms with Crippen LogP contribution in [0.1, 0.15) is 36.5 Å². The lowest BCUT2D eigenvalue weighted by Gasteiger charge is -2.27. The molecule has 1 saturated heterocycles. The van der Waals surface area contributed by atoms with Gasteiger partial charge in [0.2, 0.25) is 0 Å². The van der Waals surface area contributed by atoms with Gasteiger partial charge in [0, 0.05) is 18.0 Å². The van der Waals surface area contributed by atoms with Crippen LogP contribution >= 0.6 is 35.3 Å². The first kappa shape index (κ1) is 23.7. The van der Waals surface area contributed by atoms with Crippen molar-refractivity contribution in [3.63, 3.8) is 0 Å². The second kappa shape index (κ2) is 12.2. The highest BCUT2D eigenvalue weighted by atomic mass is 127. The number of nitrogens with zero attached hydrogens (tertiary/aromatic N) is 3. The molecule has 3 aromatic rings. The van der Waals surface area contributed by atoms with E-state index >= 15 is 0 Å². The number of likely N-dealkylation sites (tertiary alicyclic amines) is 1. The number of aromatic amines is 1. The van der Waals surface area contributed by atoms with E-state index in [-0.39, 0.29) is 24.0 Å². The fraction of sp³-hybridized carbons (Fsp3) is 0.391. The summed E-state index contributed by atoms with van der Waals surface area (Å²) in [6.07, 6.45) is 4.46. The number of thiophene rings is 1. The third kappa shape index (κ3) is 6.54. The molecular formula is C23H31IN6S. The molecule has 1 fully saturated rings. The zero-order valence-corrected chi connectivity index (χ0v) is 21.0. The number of hydrogen-bond donors (Lipinski definition) is 3. The number of halogens is 1. The van der Waals surface area contributed by atoms with Crippen LogP contribution in [0, 0.1) is 0 Å². The molecule has 0 radical (unpaired) electrons. The van der Waals surface area contributed by atoms with Crippen molar-refractivity contribution in [2.24, 2.45) is 4.99 Å². The summed E-state index contributed by atoms with van der Waals surface area (Å²) < 4.78 is 0. The Morgan fingerprint density at radius 3 is 2.68 bits per heavy atom. The van der Waals surface area contributed by atoms with E-state index in [2.05, 4.69) is 62.1 Å². The number of hydrogen-bond acceptors (Lipinski definition) is 4. The zero-order valence-electron chi connectivity index (χ0n) is 17.9. The molecule has 1 aromatic carbocycles. The third-order valence-corrected chi connectivity index (χ3v) is 6.33. The highest BCUT2D eigenvalue weighted by molar-refractivity contribution is 14.0. The van der Waals surface area contributed by atoms with Crippen LogP contribution in [0.4, 0.5) is 0 Å². The van der Waals surface area contributed by atoms with Crippen molar-refractivity contribution < 1.29 is 0 Å². The van der Waals surface area contributed by atoms with Crippen LogP contribution in [0.15, 0.2) is 59.0 Å². The SMILES string of the molecule is CCNC(=NCc1ncc(-c2ccccc2)[nH]1)NCC(c1cccs1)N1CCCC1.I. The van der Waals surface area contributed by atoms with Gasteiger partial charge in [0.25, 0.3) is 0 Å². The molecule has 1 unspecified atom stereocenters. The molecule has 6 nitrogen and oxygen atoms in total. The standard InChI is InChI=1S/C23H30N6S.HI/c1-2-24-23(26-16-20(21-11-8-14-30-21)29-12-6-7-13-29)27-17-22-25-15-19(28-22)18-9-4-3-5-10-18;/h3-5,8-11,14-15,20H,2,6-7,12-13,16-17H2,1H3,(H,25,28)(H2,24,26,27);1H. The van der Waals surface area contributed by atoms with E-state index in [9.17, 15) is 0 Å². The summed E-state index contributed by atoms with van der Waals surface area (Å²) in [5, 5.41) is 9.09. The Morgan fingerprint density at radius 1 is 1.16 bits per heavy atom. The zero-order chi connectivity index (χ0) is 20.6. The van der Waals surface area contributed by atoms with Crippen LogP contribution in [0.3, 0.4) is 0 Å². The van der Waals surface area contributed by atoms with Gasteiger partial charge in [0.15, 0.2) is 5.96 Å². The van der Waals surface area contributed by atoms with E-state index in [1.807, 2.05) is 35.7 Å². The Morgan fingerprint density at radius 2 is 1.97 bits per heavy atom. The molecule has 1 aliphatic rings. The number of nitrogens with one attached hydrogen (secondary N) is 3. The maximum absolute atomic E-state index is 4.76. The van der Waals surface area contributed by atoms with E-state index < -0.39 is 0 Å². The molecule has 0 amide bonds. The fourth-order valence-electron chi connectivity index (χ4n) is 3.84. The van der Waals surface area contributed by atoms with Gasteiger partial charge < -0.3 is 15.6 Å². The summed E-state index contributed by atoms with van der Waals surface area (Å²) >= 11 is 1.84. The van der Waals surface area contributed by atoms with Gasteiger partial charge in [-0.2, -0.15) is 0 Å². The van der Waals surface area contributed by atoms with Crippen molar-refractivity contribution in [1.82, 2.24) is 25.5 Å². The number of aromatic nitrogens is 2. The predicted molar refractivity (Wildman–Crippen MR) is 140 cm³/mol. The third-order valence-electron chi connectivity index (χ3n) is 5.36. The topological polar surface area (TPSA) is 68.3 Å². The molecule has 0 aliphatic carbocycles. The molecule has 2 aromatic heterocycles. The maximum Gasteiger partial charge on any atom is 0.191 e. The molecular weight excluding hydrogens is 519 g/mol. The summed E-state index contributed by atoms with van der Waals surface area (Å²) in [6, 6.07) is 15.0. The summed E-state index contributed by atoms with van der Waals surface area (Å²) in [6.45, 7) is 6.62. The van der Waals surface area contributed by atoms with Gasteiger partial charge in [0.1, 0.15) is 12.4 Å². The lowest BCUT2D eigenvalue weighted by molar-refractivity contribution is 0.249. The minimum Gasteiger partial charge on any atom is -0.357 e. The van der Waals surface area contributed by atoms with Gasteiger partial charge in [-0.05, 0) is 49.9 Å². The second-order valence-electron chi connectivity index (χ2n) is 7.46. The summed E-state index contributed by atoms with van der Waals surface area (Å²) in [5.74, 6) is 1.69. The summed E-state index contributed by atoms with van der Waals surface area (Å²) in [5.41, 5.74) is 2.15. The van der Waals surface area contributed by atoms with Gasteiger partial charge in [-0.1, -0.05) is 36.4 Å². The number of aliphatic imine (C=N–C) groups is 1. The molecule has 4 rings (SSSR count). The van der Waals surface area contributed by atoms with Crippen LogP contribution in [0.25, 0.3) is 11.3 Å². The highest BCUT2D eigenvalue weighted by Gasteiger charge is 2.24. The molecule has 1 aliphatic heterocycles. The minimum absolute atomic E-state index is 0. The van der Waals surface area contributed by atoms with Gasteiger partial charge in [0.05, 0.1) is 17.9 Å². The van der Waals surface area contributed by atoms with E-state index in [1.165, 1.54) is 30.8 Å². The summed E-state index contributed by atoms with van der Waals surface area (Å²) in [4.78, 5) is 16.6. The van der Waals surface area contributed by atoms with Gasteiger partial charge in [-0.25, -0.2) is 9.98 Å². The lowest BCUT2D eigenvalue weighted by Crippen LogP contribution is -2.42. The van der Waals surface area contributed by atoms with Gasteiger partial charge >= 0.3 is 0 Å². The highest BCUT2D eigenvalue weighted by Crippen LogP contribution is 2.27. The first-order valence-electron chi connectivity index (χ1n) is 10.7. The van der Waals surface area contributed by atoms with Crippen LogP contribution in [0.5, 0.6) is 0 Å². The van der Waals surface area contributed by atoms with Crippen molar-refractivity contribution in [3.8, 4) is 11.3 Å². The number of rotatable bonds is 8. The van der Waals surface area contributed by atoms with E-state index in [4.69, 9.17) is 4.99 Å². The molecule has 0 spiro atoms. The Balaban J connectivity index is 0.00000272. The monoisotopic (exact) mass is 550 g/mol. The first-order chi connectivity index (χ1) is 14.8. The second-order valence-corrected chi connectivity index (χ2v) is 8.44. The van der Waals surface area contributed by atoms with Gasteiger partial charge in [-0.3, -0.25) is 4.90 Å². The first-order valence-corrected chi connectivity index (χ1v) is 11.6. The Bertz CT molecular complexity index is 919. The maximum atomic E-state index is 4.76. The van der Waals surface area contributed by atoms with E-state index in [0.717, 1.165) is 36.1 Å². The average Bonchev–Trinajstić information content (AvgIpc) is 3.56. The van der Waals surface area contributed by atoms with Crippen LogP contribution in [-0.2, 0) is 6.54 Å². The Hall–Kier alpha value is -1.91. The lowest BCUT2D eigenvalue weighted by atomic mass is 10.2. The average molecular weight is 551 g/mol. The number of imidazole rings is 1. The van der Waals surface area contributed by atoms with Crippen molar-refractivity contribution in [2.75, 3.05) is 26.2 Å². The molecule has 31 heavy (non-hydrogen) atoms.